The lowest BCUT2D eigenvalue weighted by molar-refractivity contribution is -0.102. The van der Waals surface area contributed by atoms with Gasteiger partial charge in [-0.2, -0.15) is 5.10 Å². The molecule has 2 heterocycles. The maximum absolute atomic E-state index is 5.73. The Bertz CT molecular complexity index is 321. The van der Waals surface area contributed by atoms with E-state index in [1.54, 1.807) is 0 Å². The Hall–Kier alpha value is -0.910. The van der Waals surface area contributed by atoms with Crippen LogP contribution in [0, 0.1) is 0 Å². The second kappa shape index (κ2) is 5.43. The number of ether oxygens (including phenoxy) is 2. The third-order valence-corrected chi connectivity index (χ3v) is 2.72. The van der Waals surface area contributed by atoms with Crippen LogP contribution in [0.25, 0.3) is 0 Å². The zero-order valence-electron chi connectivity index (χ0n) is 9.85. The topological polar surface area (TPSA) is 48.3 Å². The van der Waals surface area contributed by atoms with E-state index in [2.05, 4.69) is 17.3 Å². The summed E-state index contributed by atoms with van der Waals surface area (Å²) in [6.07, 6.45) is 3.98. The van der Waals surface area contributed by atoms with Gasteiger partial charge in [0.15, 0.2) is 0 Å². The summed E-state index contributed by atoms with van der Waals surface area (Å²) in [5, 5.41) is 7.62. The molecule has 2 rings (SSSR count). The Morgan fingerprint density at radius 1 is 1.62 bits per heavy atom. The Balaban J connectivity index is 2.09. The molecule has 0 spiro atoms. The van der Waals surface area contributed by atoms with E-state index in [-0.39, 0.29) is 12.1 Å². The van der Waals surface area contributed by atoms with E-state index in [0.29, 0.717) is 19.8 Å². The van der Waals surface area contributed by atoms with Gasteiger partial charge in [-0.3, -0.25) is 4.68 Å². The SMILES string of the molecule is CCNC(c1cnn(C)c1)C1COCCO1. The Kier molecular flexibility index (Phi) is 3.93. The molecule has 2 unspecified atom stereocenters. The normalized spacial score (nSPS) is 23.2. The molecule has 1 aliphatic heterocycles. The third-order valence-electron chi connectivity index (χ3n) is 2.72. The maximum Gasteiger partial charge on any atom is 0.100 e. The molecule has 0 radical (unpaired) electrons. The van der Waals surface area contributed by atoms with Crippen LogP contribution in [0.5, 0.6) is 0 Å². The molecule has 0 bridgehead atoms. The highest BCUT2D eigenvalue weighted by atomic mass is 16.6. The number of aryl methyl sites for hydroxylation is 1. The second-order valence-corrected chi connectivity index (χ2v) is 3.97. The molecule has 1 saturated heterocycles. The molecule has 0 aliphatic carbocycles. The first-order valence-corrected chi connectivity index (χ1v) is 5.72. The number of hydrogen-bond donors (Lipinski definition) is 1. The van der Waals surface area contributed by atoms with Crippen LogP contribution in [-0.2, 0) is 16.5 Å². The van der Waals surface area contributed by atoms with Crippen LogP contribution in [0.1, 0.15) is 18.5 Å². The van der Waals surface area contributed by atoms with Crippen LogP contribution in [0.15, 0.2) is 12.4 Å². The van der Waals surface area contributed by atoms with Crippen LogP contribution in [-0.4, -0.2) is 42.2 Å². The fourth-order valence-corrected chi connectivity index (χ4v) is 1.98. The van der Waals surface area contributed by atoms with Gasteiger partial charge in [-0.1, -0.05) is 6.92 Å². The van der Waals surface area contributed by atoms with Crippen LogP contribution in [0.2, 0.25) is 0 Å². The van der Waals surface area contributed by atoms with E-state index in [9.17, 15) is 0 Å². The van der Waals surface area contributed by atoms with Gasteiger partial charge in [-0.05, 0) is 6.54 Å². The minimum absolute atomic E-state index is 0.0814. The molecular weight excluding hydrogens is 206 g/mol. The summed E-state index contributed by atoms with van der Waals surface area (Å²) in [4.78, 5) is 0. The Morgan fingerprint density at radius 2 is 2.50 bits per heavy atom. The van der Waals surface area contributed by atoms with Crippen molar-refractivity contribution < 1.29 is 9.47 Å². The fourth-order valence-electron chi connectivity index (χ4n) is 1.98. The summed E-state index contributed by atoms with van der Waals surface area (Å²) in [5.41, 5.74) is 1.15. The van der Waals surface area contributed by atoms with Crippen molar-refractivity contribution in [3.8, 4) is 0 Å². The van der Waals surface area contributed by atoms with Crippen molar-refractivity contribution in [3.05, 3.63) is 18.0 Å². The minimum atomic E-state index is 0.0814. The monoisotopic (exact) mass is 225 g/mol. The van der Waals surface area contributed by atoms with Crippen LogP contribution < -0.4 is 5.32 Å². The van der Waals surface area contributed by atoms with Gasteiger partial charge >= 0.3 is 0 Å². The molecule has 16 heavy (non-hydrogen) atoms. The molecule has 1 aromatic heterocycles. The number of hydrogen-bond acceptors (Lipinski definition) is 4. The average Bonchev–Trinajstić information content (AvgIpc) is 2.74. The number of aromatic nitrogens is 2. The molecular formula is C11H19N3O2. The highest BCUT2D eigenvalue weighted by molar-refractivity contribution is 5.12. The summed E-state index contributed by atoms with van der Waals surface area (Å²) in [5.74, 6) is 0. The first-order chi connectivity index (χ1) is 7.81. The largest absolute Gasteiger partial charge is 0.376 e. The fraction of sp³-hybridized carbons (Fsp3) is 0.727. The number of likely N-dealkylation sites (N-methyl/N-ethyl adjacent to an activating group) is 1. The highest BCUT2D eigenvalue weighted by Gasteiger charge is 2.26. The molecule has 1 fully saturated rings. The molecule has 90 valence electrons. The van der Waals surface area contributed by atoms with E-state index in [1.165, 1.54) is 0 Å². The second-order valence-electron chi connectivity index (χ2n) is 3.97. The first-order valence-electron chi connectivity index (χ1n) is 5.72. The molecule has 1 aromatic rings. The Morgan fingerprint density at radius 3 is 3.06 bits per heavy atom. The van der Waals surface area contributed by atoms with Crippen molar-refractivity contribution in [1.82, 2.24) is 15.1 Å². The molecule has 5 nitrogen and oxygen atoms in total. The summed E-state index contributed by atoms with van der Waals surface area (Å²) in [6.45, 7) is 5.01. The lowest BCUT2D eigenvalue weighted by Crippen LogP contribution is -2.40. The van der Waals surface area contributed by atoms with Crippen molar-refractivity contribution >= 4 is 0 Å². The van der Waals surface area contributed by atoms with E-state index in [1.807, 2.05) is 24.1 Å². The lowest BCUT2D eigenvalue weighted by atomic mass is 10.1. The van der Waals surface area contributed by atoms with Crippen molar-refractivity contribution in [3.63, 3.8) is 0 Å². The van der Waals surface area contributed by atoms with E-state index < -0.39 is 0 Å². The quantitative estimate of drug-likeness (QED) is 0.810. The Labute approximate surface area is 95.7 Å². The highest BCUT2D eigenvalue weighted by Crippen LogP contribution is 2.20. The first kappa shape index (κ1) is 11.6. The summed E-state index contributed by atoms with van der Waals surface area (Å²) in [7, 11) is 1.92. The minimum Gasteiger partial charge on any atom is -0.376 e. The summed E-state index contributed by atoms with van der Waals surface area (Å²) in [6, 6.07) is 0.166. The van der Waals surface area contributed by atoms with Gasteiger partial charge in [0.25, 0.3) is 0 Å². The molecule has 5 heteroatoms. The molecule has 1 aliphatic rings. The van der Waals surface area contributed by atoms with Crippen molar-refractivity contribution in [2.45, 2.75) is 19.1 Å². The zero-order valence-corrected chi connectivity index (χ0v) is 9.85. The van der Waals surface area contributed by atoms with Crippen LogP contribution in [0.3, 0.4) is 0 Å². The molecule has 1 N–H and O–H groups in total. The third kappa shape index (κ3) is 2.61. The van der Waals surface area contributed by atoms with Gasteiger partial charge in [0.1, 0.15) is 6.10 Å². The summed E-state index contributed by atoms with van der Waals surface area (Å²) >= 11 is 0. The standard InChI is InChI=1S/C11H19N3O2/c1-3-12-11(9-6-13-14(2)7-9)10-8-15-4-5-16-10/h6-7,10-12H,3-5,8H2,1-2H3. The zero-order chi connectivity index (χ0) is 11.4. The van der Waals surface area contributed by atoms with Crippen molar-refractivity contribution in [2.75, 3.05) is 26.4 Å². The van der Waals surface area contributed by atoms with Gasteiger partial charge < -0.3 is 14.8 Å². The maximum atomic E-state index is 5.73. The summed E-state index contributed by atoms with van der Waals surface area (Å²) < 4.78 is 13.0. The van der Waals surface area contributed by atoms with E-state index >= 15 is 0 Å². The van der Waals surface area contributed by atoms with E-state index in [0.717, 1.165) is 12.1 Å². The molecule has 0 aromatic carbocycles. The van der Waals surface area contributed by atoms with Gasteiger partial charge in [0.2, 0.25) is 0 Å². The predicted octanol–water partition coefficient (Wildman–Crippen LogP) is 0.486. The van der Waals surface area contributed by atoms with Crippen molar-refractivity contribution in [1.29, 1.82) is 0 Å². The van der Waals surface area contributed by atoms with Gasteiger partial charge in [-0.15, -0.1) is 0 Å². The molecule has 0 amide bonds. The number of nitrogens with zero attached hydrogens (tertiary/aromatic N) is 2. The van der Waals surface area contributed by atoms with Gasteiger partial charge in [-0.25, -0.2) is 0 Å². The van der Waals surface area contributed by atoms with Crippen LogP contribution in [0.4, 0.5) is 0 Å². The van der Waals surface area contributed by atoms with Gasteiger partial charge in [0.05, 0.1) is 32.1 Å². The number of rotatable bonds is 4. The lowest BCUT2D eigenvalue weighted by Gasteiger charge is -2.30. The van der Waals surface area contributed by atoms with E-state index in [4.69, 9.17) is 9.47 Å². The van der Waals surface area contributed by atoms with Crippen LogP contribution >= 0.6 is 0 Å². The number of nitrogens with one attached hydrogen (secondary N) is 1. The molecule has 0 saturated carbocycles. The molecule has 2 atom stereocenters. The smallest absolute Gasteiger partial charge is 0.100 e. The predicted molar refractivity (Wildman–Crippen MR) is 60.2 cm³/mol. The average molecular weight is 225 g/mol. The van der Waals surface area contributed by atoms with Crippen molar-refractivity contribution in [2.24, 2.45) is 7.05 Å². The van der Waals surface area contributed by atoms with Gasteiger partial charge in [0, 0.05) is 18.8 Å².